The summed E-state index contributed by atoms with van der Waals surface area (Å²) in [6.45, 7) is 3.92. The fraction of sp³-hybridized carbons (Fsp3) is 0.158. The lowest BCUT2D eigenvalue weighted by atomic mass is 10.2. The Morgan fingerprint density at radius 1 is 1.08 bits per heavy atom. The van der Waals surface area contributed by atoms with Crippen molar-refractivity contribution in [2.45, 2.75) is 18.9 Å². The summed E-state index contributed by atoms with van der Waals surface area (Å²) in [6, 6.07) is 15.6. The molecule has 0 atom stereocenters. The van der Waals surface area contributed by atoms with E-state index in [-0.39, 0.29) is 11.7 Å². The molecule has 4 aromatic rings. The average molecular weight is 363 g/mol. The zero-order chi connectivity index (χ0) is 18.1. The number of nitrogens with zero attached hydrogens (tertiary/aromatic N) is 4. The second-order valence-corrected chi connectivity index (χ2v) is 6.98. The van der Waals surface area contributed by atoms with Gasteiger partial charge in [0.05, 0.1) is 16.8 Å². The number of carbonyl (C=O) groups excluding carboxylic acids is 1. The van der Waals surface area contributed by atoms with Crippen LogP contribution >= 0.6 is 11.8 Å². The first-order valence-electron chi connectivity index (χ1n) is 8.21. The number of hydrogen-bond donors (Lipinski definition) is 1. The number of benzene rings is 2. The van der Waals surface area contributed by atoms with Gasteiger partial charge in [-0.2, -0.15) is 0 Å². The molecular weight excluding hydrogens is 346 g/mol. The lowest BCUT2D eigenvalue weighted by Crippen LogP contribution is -2.14. The summed E-state index contributed by atoms with van der Waals surface area (Å²) in [5, 5.41) is 12.0. The number of aryl methyl sites for hydroxylation is 2. The molecule has 0 saturated heterocycles. The van der Waals surface area contributed by atoms with Crippen LogP contribution in [0.3, 0.4) is 0 Å². The zero-order valence-corrected chi connectivity index (χ0v) is 15.2. The summed E-state index contributed by atoms with van der Waals surface area (Å²) in [6.07, 6.45) is 0. The molecule has 26 heavy (non-hydrogen) atoms. The van der Waals surface area contributed by atoms with E-state index in [1.165, 1.54) is 11.8 Å². The number of anilines is 1. The largest absolute Gasteiger partial charge is 0.325 e. The summed E-state index contributed by atoms with van der Waals surface area (Å²) in [7, 11) is 0. The molecule has 2 heterocycles. The Morgan fingerprint density at radius 2 is 1.85 bits per heavy atom. The Hall–Kier alpha value is -2.93. The number of rotatable bonds is 4. The number of hydrogen-bond acceptors (Lipinski definition) is 5. The van der Waals surface area contributed by atoms with Crippen LogP contribution in [0.4, 0.5) is 5.69 Å². The minimum absolute atomic E-state index is 0.0804. The molecule has 1 amide bonds. The fourth-order valence-corrected chi connectivity index (χ4v) is 3.53. The van der Waals surface area contributed by atoms with E-state index in [2.05, 4.69) is 20.5 Å². The molecule has 0 fully saturated rings. The Bertz CT molecular complexity index is 1100. The average Bonchev–Trinajstić information content (AvgIpc) is 3.04. The highest BCUT2D eigenvalue weighted by molar-refractivity contribution is 8.00. The van der Waals surface area contributed by atoms with E-state index in [1.54, 1.807) is 0 Å². The molecule has 2 aromatic heterocycles. The van der Waals surface area contributed by atoms with E-state index < -0.39 is 0 Å². The molecule has 1 N–H and O–H groups in total. The van der Waals surface area contributed by atoms with Crippen molar-refractivity contribution >= 4 is 40.0 Å². The van der Waals surface area contributed by atoms with Crippen LogP contribution in [-0.2, 0) is 4.79 Å². The van der Waals surface area contributed by atoms with Gasteiger partial charge >= 0.3 is 0 Å². The third-order valence-corrected chi connectivity index (χ3v) is 4.99. The number of fused-ring (bicyclic) bond motifs is 3. The summed E-state index contributed by atoms with van der Waals surface area (Å²) in [5.74, 6) is 0.966. The second-order valence-electron chi connectivity index (χ2n) is 6.01. The Labute approximate surface area is 154 Å². The van der Waals surface area contributed by atoms with E-state index in [0.29, 0.717) is 10.7 Å². The van der Waals surface area contributed by atoms with E-state index in [9.17, 15) is 4.79 Å². The van der Waals surface area contributed by atoms with Gasteiger partial charge in [-0.05, 0) is 38.1 Å². The van der Waals surface area contributed by atoms with Crippen molar-refractivity contribution in [3.63, 3.8) is 0 Å². The van der Waals surface area contributed by atoms with Gasteiger partial charge < -0.3 is 5.32 Å². The molecule has 0 radical (unpaired) electrons. The van der Waals surface area contributed by atoms with Crippen molar-refractivity contribution in [1.29, 1.82) is 0 Å². The van der Waals surface area contributed by atoms with Gasteiger partial charge in [0.15, 0.2) is 5.65 Å². The van der Waals surface area contributed by atoms with Gasteiger partial charge in [-0.25, -0.2) is 4.98 Å². The standard InChI is InChI=1S/C19H17N5OS/c1-12-7-9-14(10-8-12)20-17(25)11-26-19-18-23-22-13(2)24(18)16-6-4-3-5-15(16)21-19/h3-10H,11H2,1-2H3,(H,20,25). The smallest absolute Gasteiger partial charge is 0.234 e. The normalized spacial score (nSPS) is 11.2. The summed E-state index contributed by atoms with van der Waals surface area (Å²) < 4.78 is 1.97. The predicted molar refractivity (Wildman–Crippen MR) is 104 cm³/mol. The van der Waals surface area contributed by atoms with Crippen LogP contribution in [-0.4, -0.2) is 31.2 Å². The molecule has 4 rings (SSSR count). The van der Waals surface area contributed by atoms with Crippen LogP contribution in [0, 0.1) is 13.8 Å². The van der Waals surface area contributed by atoms with Crippen molar-refractivity contribution < 1.29 is 4.79 Å². The van der Waals surface area contributed by atoms with Crippen molar-refractivity contribution in [3.8, 4) is 0 Å². The van der Waals surface area contributed by atoms with Crippen LogP contribution in [0.25, 0.3) is 16.7 Å². The number of para-hydroxylation sites is 2. The monoisotopic (exact) mass is 363 g/mol. The lowest BCUT2D eigenvalue weighted by molar-refractivity contribution is -0.113. The molecule has 0 aliphatic rings. The summed E-state index contributed by atoms with van der Waals surface area (Å²) in [4.78, 5) is 16.9. The zero-order valence-electron chi connectivity index (χ0n) is 14.4. The van der Waals surface area contributed by atoms with Gasteiger partial charge in [-0.15, -0.1) is 10.2 Å². The van der Waals surface area contributed by atoms with E-state index >= 15 is 0 Å². The van der Waals surface area contributed by atoms with Gasteiger partial charge in [0.25, 0.3) is 0 Å². The van der Waals surface area contributed by atoms with Crippen LogP contribution in [0.15, 0.2) is 53.6 Å². The number of nitrogens with one attached hydrogen (secondary N) is 1. The Balaban J connectivity index is 1.58. The van der Waals surface area contributed by atoms with Crippen LogP contribution in [0.5, 0.6) is 0 Å². The highest BCUT2D eigenvalue weighted by atomic mass is 32.2. The number of amides is 1. The second kappa shape index (κ2) is 6.76. The van der Waals surface area contributed by atoms with Gasteiger partial charge in [0, 0.05) is 5.69 Å². The molecule has 0 spiro atoms. The third-order valence-electron chi connectivity index (χ3n) is 4.04. The highest BCUT2D eigenvalue weighted by Gasteiger charge is 2.14. The van der Waals surface area contributed by atoms with Crippen LogP contribution < -0.4 is 5.32 Å². The molecule has 0 saturated carbocycles. The van der Waals surface area contributed by atoms with E-state index in [4.69, 9.17) is 0 Å². The quantitative estimate of drug-likeness (QED) is 0.561. The highest BCUT2D eigenvalue weighted by Crippen LogP contribution is 2.25. The lowest BCUT2D eigenvalue weighted by Gasteiger charge is -2.08. The first kappa shape index (κ1) is 16.5. The molecule has 2 aromatic carbocycles. The minimum atomic E-state index is -0.0804. The maximum Gasteiger partial charge on any atom is 0.234 e. The fourth-order valence-electron chi connectivity index (χ4n) is 2.76. The SMILES string of the molecule is Cc1ccc(NC(=O)CSc2nc3ccccc3n3c(C)nnc23)cc1. The van der Waals surface area contributed by atoms with Crippen LogP contribution in [0.2, 0.25) is 0 Å². The van der Waals surface area contributed by atoms with Gasteiger partial charge in [-0.3, -0.25) is 9.20 Å². The number of thioether (sulfide) groups is 1. The predicted octanol–water partition coefficient (Wildman–Crippen LogP) is 3.63. The molecule has 130 valence electrons. The van der Waals surface area contributed by atoms with Gasteiger partial charge in [-0.1, -0.05) is 41.6 Å². The number of carbonyl (C=O) groups is 1. The molecule has 0 aliphatic carbocycles. The molecular formula is C19H17N5OS. The summed E-state index contributed by atoms with van der Waals surface area (Å²) >= 11 is 1.36. The Kier molecular flexibility index (Phi) is 4.30. The van der Waals surface area contributed by atoms with E-state index in [1.807, 2.05) is 66.8 Å². The Morgan fingerprint density at radius 3 is 2.65 bits per heavy atom. The third kappa shape index (κ3) is 3.13. The van der Waals surface area contributed by atoms with Gasteiger partial charge in [0.1, 0.15) is 10.9 Å². The molecule has 6 nitrogen and oxygen atoms in total. The van der Waals surface area contributed by atoms with E-state index in [0.717, 1.165) is 28.1 Å². The van der Waals surface area contributed by atoms with Crippen molar-refractivity contribution in [1.82, 2.24) is 19.6 Å². The first-order chi connectivity index (χ1) is 12.6. The topological polar surface area (TPSA) is 72.2 Å². The maximum atomic E-state index is 12.3. The first-order valence-corrected chi connectivity index (χ1v) is 9.20. The molecule has 0 bridgehead atoms. The van der Waals surface area contributed by atoms with Crippen molar-refractivity contribution in [3.05, 3.63) is 59.9 Å². The van der Waals surface area contributed by atoms with Gasteiger partial charge in [0.2, 0.25) is 5.91 Å². The molecule has 0 unspecified atom stereocenters. The number of aromatic nitrogens is 4. The maximum absolute atomic E-state index is 12.3. The summed E-state index contributed by atoms with van der Waals surface area (Å²) in [5.41, 5.74) is 4.43. The van der Waals surface area contributed by atoms with Crippen LogP contribution in [0.1, 0.15) is 11.4 Å². The van der Waals surface area contributed by atoms with Crippen molar-refractivity contribution in [2.75, 3.05) is 11.1 Å². The van der Waals surface area contributed by atoms with Crippen molar-refractivity contribution in [2.24, 2.45) is 0 Å². The molecule has 7 heteroatoms. The minimum Gasteiger partial charge on any atom is -0.325 e. The molecule has 0 aliphatic heterocycles.